The van der Waals surface area contributed by atoms with E-state index in [2.05, 4.69) is 22.1 Å². The van der Waals surface area contributed by atoms with Gasteiger partial charge in [-0.25, -0.2) is 0 Å². The van der Waals surface area contributed by atoms with Crippen LogP contribution >= 0.6 is 0 Å². The molecule has 2 heterocycles. The minimum Gasteiger partial charge on any atom is -0.395 e. The number of ether oxygens (including phenoxy) is 1. The number of aromatic nitrogens is 1. The summed E-state index contributed by atoms with van der Waals surface area (Å²) in [7, 11) is 0. The summed E-state index contributed by atoms with van der Waals surface area (Å²) in [6, 6.07) is 1.72. The molecule has 1 aromatic rings. The number of carbonyl (C=O) groups excluding carboxylic acids is 1. The molecule has 5 heteroatoms. The fourth-order valence-electron chi connectivity index (χ4n) is 1.82. The molecule has 1 aromatic heterocycles. The van der Waals surface area contributed by atoms with E-state index < -0.39 is 0 Å². The first-order valence-electron chi connectivity index (χ1n) is 6.23. The van der Waals surface area contributed by atoms with Gasteiger partial charge in [-0.2, -0.15) is 0 Å². The molecule has 0 aromatic carbocycles. The lowest BCUT2D eigenvalue weighted by Crippen LogP contribution is -2.35. The summed E-state index contributed by atoms with van der Waals surface area (Å²) in [5, 5.41) is 11.6. The summed E-state index contributed by atoms with van der Waals surface area (Å²) < 4.78 is 5.22. The minimum absolute atomic E-state index is 0.00814. The zero-order valence-electron chi connectivity index (χ0n) is 10.6. The second-order valence-electron chi connectivity index (χ2n) is 4.23. The molecule has 1 unspecified atom stereocenters. The number of hydrogen-bond acceptors (Lipinski definition) is 4. The van der Waals surface area contributed by atoms with Crippen molar-refractivity contribution in [1.29, 1.82) is 0 Å². The van der Waals surface area contributed by atoms with Crippen molar-refractivity contribution >= 4 is 5.91 Å². The van der Waals surface area contributed by atoms with Gasteiger partial charge in [-0.15, -0.1) is 0 Å². The number of aliphatic hydroxyl groups is 1. The fraction of sp³-hybridized carbons (Fsp3) is 0.429. The Kier molecular flexibility index (Phi) is 4.90. The number of carbonyl (C=O) groups is 1. The first-order valence-corrected chi connectivity index (χ1v) is 6.23. The van der Waals surface area contributed by atoms with Gasteiger partial charge in [0.05, 0.1) is 30.4 Å². The number of amides is 1. The van der Waals surface area contributed by atoms with Crippen LogP contribution in [0.3, 0.4) is 0 Å². The van der Waals surface area contributed by atoms with E-state index in [1.807, 2.05) is 0 Å². The van der Waals surface area contributed by atoms with Crippen molar-refractivity contribution in [2.75, 3.05) is 19.8 Å². The Morgan fingerprint density at radius 1 is 1.63 bits per heavy atom. The summed E-state index contributed by atoms with van der Waals surface area (Å²) in [5.41, 5.74) is 1.08. The molecule has 1 aliphatic heterocycles. The van der Waals surface area contributed by atoms with Gasteiger partial charge in [0, 0.05) is 25.4 Å². The Morgan fingerprint density at radius 3 is 3.26 bits per heavy atom. The van der Waals surface area contributed by atoms with Crippen LogP contribution in [0.25, 0.3) is 0 Å². The van der Waals surface area contributed by atoms with Gasteiger partial charge in [0.15, 0.2) is 0 Å². The summed E-state index contributed by atoms with van der Waals surface area (Å²) >= 11 is 0. The van der Waals surface area contributed by atoms with E-state index in [1.54, 1.807) is 18.5 Å². The van der Waals surface area contributed by atoms with Crippen LogP contribution in [-0.4, -0.2) is 41.9 Å². The molecule has 0 bridgehead atoms. The molecule has 2 rings (SSSR count). The third-order valence-electron chi connectivity index (χ3n) is 2.79. The molecule has 0 aliphatic carbocycles. The molecule has 0 spiro atoms. The highest BCUT2D eigenvalue weighted by atomic mass is 16.5. The molecule has 1 saturated heterocycles. The first-order chi connectivity index (χ1) is 9.31. The van der Waals surface area contributed by atoms with E-state index in [4.69, 9.17) is 9.84 Å². The maximum atomic E-state index is 12.1. The van der Waals surface area contributed by atoms with E-state index in [-0.39, 0.29) is 18.6 Å². The largest absolute Gasteiger partial charge is 0.395 e. The van der Waals surface area contributed by atoms with Crippen molar-refractivity contribution in [2.45, 2.75) is 18.9 Å². The highest BCUT2D eigenvalue weighted by Gasteiger charge is 2.19. The maximum absolute atomic E-state index is 12.1. The van der Waals surface area contributed by atoms with Crippen LogP contribution in [0.4, 0.5) is 0 Å². The van der Waals surface area contributed by atoms with E-state index >= 15 is 0 Å². The predicted molar refractivity (Wildman–Crippen MR) is 69.5 cm³/mol. The molecular formula is C14H16N2O3. The van der Waals surface area contributed by atoms with E-state index in [0.29, 0.717) is 30.8 Å². The zero-order chi connectivity index (χ0) is 13.5. The molecule has 1 atom stereocenters. The maximum Gasteiger partial charge on any atom is 0.252 e. The Hall–Kier alpha value is -1.90. The highest BCUT2D eigenvalue weighted by Crippen LogP contribution is 2.09. The van der Waals surface area contributed by atoms with Crippen molar-refractivity contribution in [3.05, 3.63) is 29.6 Å². The van der Waals surface area contributed by atoms with Crippen LogP contribution in [0.5, 0.6) is 0 Å². The first kappa shape index (κ1) is 13.5. The molecule has 1 amide bonds. The summed E-state index contributed by atoms with van der Waals surface area (Å²) in [6.45, 7) is 1.25. The van der Waals surface area contributed by atoms with Crippen LogP contribution in [0.15, 0.2) is 18.5 Å². The van der Waals surface area contributed by atoms with Gasteiger partial charge in [0.1, 0.15) is 0 Å². The topological polar surface area (TPSA) is 71.5 Å². The molecule has 1 aliphatic rings. The predicted octanol–water partition coefficient (Wildman–Crippen LogP) is 0.334. The van der Waals surface area contributed by atoms with Crippen LogP contribution in [-0.2, 0) is 4.74 Å². The van der Waals surface area contributed by atoms with Gasteiger partial charge in [-0.05, 0) is 12.5 Å². The smallest absolute Gasteiger partial charge is 0.252 e. The van der Waals surface area contributed by atoms with Gasteiger partial charge in [0.2, 0.25) is 0 Å². The van der Waals surface area contributed by atoms with Crippen molar-refractivity contribution in [3.63, 3.8) is 0 Å². The monoisotopic (exact) mass is 260 g/mol. The third-order valence-corrected chi connectivity index (χ3v) is 2.79. The quantitative estimate of drug-likeness (QED) is 0.769. The number of nitrogens with zero attached hydrogens (tertiary/aromatic N) is 1. The fourth-order valence-corrected chi connectivity index (χ4v) is 1.82. The Morgan fingerprint density at radius 2 is 2.53 bits per heavy atom. The van der Waals surface area contributed by atoms with Gasteiger partial charge >= 0.3 is 0 Å². The Labute approximate surface area is 112 Å². The van der Waals surface area contributed by atoms with Crippen LogP contribution < -0.4 is 5.32 Å². The lowest BCUT2D eigenvalue weighted by molar-refractivity contribution is 0.0929. The highest BCUT2D eigenvalue weighted by molar-refractivity contribution is 5.96. The molecule has 1 fully saturated rings. The van der Waals surface area contributed by atoms with E-state index in [1.165, 1.54) is 0 Å². The molecule has 5 nitrogen and oxygen atoms in total. The second kappa shape index (κ2) is 6.88. The number of aliphatic hydroxyl groups excluding tert-OH is 1. The van der Waals surface area contributed by atoms with E-state index in [9.17, 15) is 4.79 Å². The number of pyridine rings is 1. The average Bonchev–Trinajstić information content (AvgIpc) is 2.92. The van der Waals surface area contributed by atoms with Crippen molar-refractivity contribution < 1.29 is 14.6 Å². The summed E-state index contributed by atoms with van der Waals surface area (Å²) in [5.74, 6) is 5.49. The normalized spacial score (nSPS) is 17.6. The number of rotatable bonds is 3. The van der Waals surface area contributed by atoms with Crippen LogP contribution in [0.2, 0.25) is 0 Å². The molecule has 0 radical (unpaired) electrons. The van der Waals surface area contributed by atoms with E-state index in [0.717, 1.165) is 6.42 Å². The second-order valence-corrected chi connectivity index (χ2v) is 4.23. The standard InChI is InChI=1S/C14H16N2O3/c17-7-2-1-3-11-9-15-6-4-13(11)14(18)16-12-5-8-19-10-12/h4,6,9,12,17H,2,5,7-8,10H2,(H,16,18). The molecule has 2 N–H and O–H groups in total. The average molecular weight is 260 g/mol. The minimum atomic E-state index is -0.161. The third kappa shape index (κ3) is 3.78. The molecular weight excluding hydrogens is 244 g/mol. The molecule has 19 heavy (non-hydrogen) atoms. The lowest BCUT2D eigenvalue weighted by Gasteiger charge is -2.11. The number of nitrogens with one attached hydrogen (secondary N) is 1. The Bertz CT molecular complexity index is 499. The van der Waals surface area contributed by atoms with Gasteiger partial charge in [-0.3, -0.25) is 9.78 Å². The summed E-state index contributed by atoms with van der Waals surface area (Å²) in [4.78, 5) is 16.1. The van der Waals surface area contributed by atoms with Crippen molar-refractivity contribution in [1.82, 2.24) is 10.3 Å². The van der Waals surface area contributed by atoms with Crippen molar-refractivity contribution in [2.24, 2.45) is 0 Å². The zero-order valence-corrected chi connectivity index (χ0v) is 10.6. The van der Waals surface area contributed by atoms with Crippen molar-refractivity contribution in [3.8, 4) is 11.8 Å². The van der Waals surface area contributed by atoms with Gasteiger partial charge < -0.3 is 15.2 Å². The van der Waals surface area contributed by atoms with Crippen LogP contribution in [0.1, 0.15) is 28.8 Å². The van der Waals surface area contributed by atoms with Gasteiger partial charge in [0.25, 0.3) is 5.91 Å². The number of hydrogen-bond donors (Lipinski definition) is 2. The molecule has 100 valence electrons. The summed E-state index contributed by atoms with van der Waals surface area (Å²) in [6.07, 6.45) is 4.34. The Balaban J connectivity index is 2.10. The van der Waals surface area contributed by atoms with Gasteiger partial charge in [-0.1, -0.05) is 11.8 Å². The molecule has 0 saturated carbocycles. The van der Waals surface area contributed by atoms with Crippen LogP contribution in [0, 0.1) is 11.8 Å². The lowest BCUT2D eigenvalue weighted by atomic mass is 10.1. The SMILES string of the molecule is O=C(NC1CCOC1)c1ccncc1C#CCCO.